The number of sulfonamides is 1. The van der Waals surface area contributed by atoms with Crippen LogP contribution < -0.4 is 4.72 Å². The fraction of sp³-hybridized carbons (Fsp3) is 1.00. The van der Waals surface area contributed by atoms with Crippen molar-refractivity contribution in [3.8, 4) is 0 Å². The molecule has 0 radical (unpaired) electrons. The van der Waals surface area contributed by atoms with Crippen LogP contribution in [0.15, 0.2) is 0 Å². The van der Waals surface area contributed by atoms with Gasteiger partial charge in [-0.25, -0.2) is 13.1 Å². The molecule has 1 saturated heterocycles. The minimum Gasteiger partial charge on any atom is -0.299 e. The minimum absolute atomic E-state index is 0.166. The third-order valence-electron chi connectivity index (χ3n) is 2.74. The summed E-state index contributed by atoms with van der Waals surface area (Å²) in [6.45, 7) is 6.48. The zero-order valence-corrected chi connectivity index (χ0v) is 9.81. The van der Waals surface area contributed by atoms with Crippen molar-refractivity contribution in [2.75, 3.05) is 25.4 Å². The lowest BCUT2D eigenvalue weighted by molar-refractivity contribution is 0.260. The predicted molar refractivity (Wildman–Crippen MR) is 57.7 cm³/mol. The molecule has 1 fully saturated rings. The van der Waals surface area contributed by atoms with Gasteiger partial charge in [0.2, 0.25) is 10.0 Å². The van der Waals surface area contributed by atoms with Crippen LogP contribution in [-0.4, -0.2) is 44.7 Å². The van der Waals surface area contributed by atoms with E-state index in [4.69, 9.17) is 0 Å². The van der Waals surface area contributed by atoms with Gasteiger partial charge < -0.3 is 0 Å². The maximum atomic E-state index is 11.2. The fourth-order valence-corrected chi connectivity index (χ4v) is 2.36. The molecule has 1 heterocycles. The molecule has 0 aromatic carbocycles. The molecule has 1 aliphatic rings. The molecule has 0 amide bonds. The molecule has 1 N–H and O–H groups in total. The average Bonchev–Trinajstić information content (AvgIpc) is 2.67. The molecule has 84 valence electrons. The van der Waals surface area contributed by atoms with Crippen molar-refractivity contribution in [2.45, 2.75) is 32.7 Å². The van der Waals surface area contributed by atoms with Gasteiger partial charge in [0, 0.05) is 12.6 Å². The standard InChI is InChI=1S/C9H20N2O2S/c1-3-14(12,13)10-8-9(2)11-6-4-5-7-11/h9-10H,3-8H2,1-2H3. The van der Waals surface area contributed by atoms with Gasteiger partial charge in [0.15, 0.2) is 0 Å². The quantitative estimate of drug-likeness (QED) is 0.730. The van der Waals surface area contributed by atoms with E-state index in [2.05, 4.69) is 16.5 Å². The topological polar surface area (TPSA) is 49.4 Å². The Morgan fingerprint density at radius 3 is 2.43 bits per heavy atom. The molecule has 1 aliphatic heterocycles. The van der Waals surface area contributed by atoms with E-state index in [1.807, 2.05) is 0 Å². The molecule has 0 spiro atoms. The Labute approximate surface area is 86.7 Å². The van der Waals surface area contributed by atoms with Crippen molar-refractivity contribution < 1.29 is 8.42 Å². The molecule has 1 unspecified atom stereocenters. The number of rotatable bonds is 5. The maximum absolute atomic E-state index is 11.2. The summed E-state index contributed by atoms with van der Waals surface area (Å²) in [5.74, 6) is 0.166. The van der Waals surface area contributed by atoms with Gasteiger partial charge in [0.1, 0.15) is 0 Å². The normalized spacial score (nSPS) is 21.3. The number of hydrogen-bond donors (Lipinski definition) is 1. The van der Waals surface area contributed by atoms with Crippen LogP contribution in [0.25, 0.3) is 0 Å². The summed E-state index contributed by atoms with van der Waals surface area (Å²) in [6.07, 6.45) is 2.48. The van der Waals surface area contributed by atoms with Crippen LogP contribution in [0.5, 0.6) is 0 Å². The van der Waals surface area contributed by atoms with E-state index in [0.29, 0.717) is 12.6 Å². The summed E-state index contributed by atoms with van der Waals surface area (Å²) in [6, 6.07) is 0.318. The molecular weight excluding hydrogens is 200 g/mol. The van der Waals surface area contributed by atoms with Crippen LogP contribution in [-0.2, 0) is 10.0 Å². The van der Waals surface area contributed by atoms with Gasteiger partial charge >= 0.3 is 0 Å². The molecule has 0 bridgehead atoms. The van der Waals surface area contributed by atoms with Gasteiger partial charge in [-0.1, -0.05) is 0 Å². The van der Waals surface area contributed by atoms with Crippen molar-refractivity contribution in [3.63, 3.8) is 0 Å². The lowest BCUT2D eigenvalue weighted by atomic mass is 10.3. The smallest absolute Gasteiger partial charge is 0.211 e. The third-order valence-corrected chi connectivity index (χ3v) is 4.11. The maximum Gasteiger partial charge on any atom is 0.211 e. The molecule has 5 heteroatoms. The summed E-state index contributed by atoms with van der Waals surface area (Å²) in [5, 5.41) is 0. The van der Waals surface area contributed by atoms with E-state index in [1.54, 1.807) is 6.92 Å². The Hall–Kier alpha value is -0.130. The molecule has 1 rings (SSSR count). The first kappa shape index (κ1) is 11.9. The Kier molecular flexibility index (Phi) is 4.34. The highest BCUT2D eigenvalue weighted by Crippen LogP contribution is 2.10. The zero-order chi connectivity index (χ0) is 10.6. The van der Waals surface area contributed by atoms with Crippen LogP contribution >= 0.6 is 0 Å². The van der Waals surface area contributed by atoms with Crippen molar-refractivity contribution >= 4 is 10.0 Å². The van der Waals surface area contributed by atoms with Crippen molar-refractivity contribution in [3.05, 3.63) is 0 Å². The van der Waals surface area contributed by atoms with E-state index in [0.717, 1.165) is 13.1 Å². The fourth-order valence-electron chi connectivity index (χ4n) is 1.66. The zero-order valence-electron chi connectivity index (χ0n) is 8.99. The molecule has 0 aliphatic carbocycles. The third kappa shape index (κ3) is 3.55. The average molecular weight is 220 g/mol. The van der Waals surface area contributed by atoms with Gasteiger partial charge in [-0.2, -0.15) is 0 Å². The van der Waals surface area contributed by atoms with E-state index < -0.39 is 10.0 Å². The van der Waals surface area contributed by atoms with E-state index in [-0.39, 0.29) is 5.75 Å². The number of nitrogens with zero attached hydrogens (tertiary/aromatic N) is 1. The van der Waals surface area contributed by atoms with Crippen molar-refractivity contribution in [1.82, 2.24) is 9.62 Å². The van der Waals surface area contributed by atoms with Gasteiger partial charge in [0.05, 0.1) is 5.75 Å². The summed E-state index contributed by atoms with van der Waals surface area (Å²) >= 11 is 0. The number of nitrogens with one attached hydrogen (secondary N) is 1. The van der Waals surface area contributed by atoms with Crippen LogP contribution in [0.4, 0.5) is 0 Å². The highest BCUT2D eigenvalue weighted by atomic mass is 32.2. The van der Waals surface area contributed by atoms with Crippen molar-refractivity contribution in [2.24, 2.45) is 0 Å². The van der Waals surface area contributed by atoms with Crippen molar-refractivity contribution in [1.29, 1.82) is 0 Å². The predicted octanol–water partition coefficient (Wildman–Crippen LogP) is 0.410. The first-order chi connectivity index (χ1) is 6.55. The molecule has 0 saturated carbocycles. The lowest BCUT2D eigenvalue weighted by Gasteiger charge is -2.23. The van der Waals surface area contributed by atoms with Crippen LogP contribution in [0.3, 0.4) is 0 Å². The van der Waals surface area contributed by atoms with Gasteiger partial charge in [-0.05, 0) is 39.8 Å². The van der Waals surface area contributed by atoms with Crippen LogP contribution in [0.1, 0.15) is 26.7 Å². The minimum atomic E-state index is -3.02. The molecule has 0 aromatic rings. The van der Waals surface area contributed by atoms with Crippen LogP contribution in [0.2, 0.25) is 0 Å². The Balaban J connectivity index is 2.30. The second kappa shape index (κ2) is 5.09. The summed E-state index contributed by atoms with van der Waals surface area (Å²) in [4.78, 5) is 2.33. The monoisotopic (exact) mass is 220 g/mol. The summed E-state index contributed by atoms with van der Waals surface area (Å²) < 4.78 is 25.0. The first-order valence-electron chi connectivity index (χ1n) is 5.26. The van der Waals surface area contributed by atoms with Gasteiger partial charge in [-0.3, -0.25) is 4.90 Å². The van der Waals surface area contributed by atoms with E-state index in [1.165, 1.54) is 12.8 Å². The SMILES string of the molecule is CCS(=O)(=O)NCC(C)N1CCCC1. The molecule has 4 nitrogen and oxygen atoms in total. The molecule has 1 atom stereocenters. The van der Waals surface area contributed by atoms with E-state index >= 15 is 0 Å². The van der Waals surface area contributed by atoms with Gasteiger partial charge in [0.25, 0.3) is 0 Å². The Morgan fingerprint density at radius 2 is 1.93 bits per heavy atom. The molecule has 0 aromatic heterocycles. The number of hydrogen-bond acceptors (Lipinski definition) is 3. The highest BCUT2D eigenvalue weighted by molar-refractivity contribution is 7.89. The number of likely N-dealkylation sites (tertiary alicyclic amines) is 1. The highest BCUT2D eigenvalue weighted by Gasteiger charge is 2.19. The first-order valence-corrected chi connectivity index (χ1v) is 6.92. The Morgan fingerprint density at radius 1 is 1.36 bits per heavy atom. The van der Waals surface area contributed by atoms with Crippen LogP contribution in [0, 0.1) is 0 Å². The lowest BCUT2D eigenvalue weighted by Crippen LogP contribution is -2.41. The second-order valence-corrected chi connectivity index (χ2v) is 5.94. The second-order valence-electron chi connectivity index (χ2n) is 3.84. The largest absolute Gasteiger partial charge is 0.299 e. The molecule has 14 heavy (non-hydrogen) atoms. The molecular formula is C9H20N2O2S. The Bertz CT molecular complexity index is 258. The van der Waals surface area contributed by atoms with E-state index in [9.17, 15) is 8.42 Å². The summed E-state index contributed by atoms with van der Waals surface area (Å²) in [7, 11) is -3.02. The van der Waals surface area contributed by atoms with Gasteiger partial charge in [-0.15, -0.1) is 0 Å². The summed E-state index contributed by atoms with van der Waals surface area (Å²) in [5.41, 5.74) is 0.